The van der Waals surface area contributed by atoms with Gasteiger partial charge in [0.25, 0.3) is 0 Å². The van der Waals surface area contributed by atoms with Crippen LogP contribution < -0.4 is 4.90 Å². The van der Waals surface area contributed by atoms with E-state index in [0.29, 0.717) is 17.0 Å². The summed E-state index contributed by atoms with van der Waals surface area (Å²) in [5.41, 5.74) is -0.309. The van der Waals surface area contributed by atoms with Crippen LogP contribution in [0.15, 0.2) is 24.3 Å². The van der Waals surface area contributed by atoms with Gasteiger partial charge in [0.05, 0.1) is 10.7 Å². The monoisotopic (exact) mass is 372 g/mol. The maximum atomic E-state index is 12.6. The molecule has 122 valence electrons. The molecule has 5 nitrogen and oxygen atoms in total. The van der Waals surface area contributed by atoms with Crippen molar-refractivity contribution in [1.82, 2.24) is 4.98 Å². The van der Waals surface area contributed by atoms with Crippen molar-refractivity contribution >= 4 is 57.7 Å². The van der Waals surface area contributed by atoms with E-state index < -0.39 is 11.7 Å². The van der Waals surface area contributed by atoms with Gasteiger partial charge in [0, 0.05) is 0 Å². The predicted molar refractivity (Wildman–Crippen MR) is 92.3 cm³/mol. The number of aldehydes is 1. The molecule has 23 heavy (non-hydrogen) atoms. The minimum Gasteiger partial charge on any atom is -0.443 e. The fourth-order valence-corrected chi connectivity index (χ4v) is 2.98. The third kappa shape index (κ3) is 4.22. The third-order valence-corrected chi connectivity index (χ3v) is 4.25. The van der Waals surface area contributed by atoms with Gasteiger partial charge >= 0.3 is 6.09 Å². The SMILES string of the molecule is CC(C)(C)OC(=O)N(c1nc(Cl)c(C=O)s1)c1ccccc1Cl. The number of aromatic nitrogens is 1. The predicted octanol–water partition coefficient (Wildman–Crippen LogP) is 5.34. The largest absolute Gasteiger partial charge is 0.443 e. The van der Waals surface area contributed by atoms with Crippen molar-refractivity contribution in [3.8, 4) is 0 Å². The highest BCUT2D eigenvalue weighted by Crippen LogP contribution is 2.37. The number of benzene rings is 1. The van der Waals surface area contributed by atoms with Crippen LogP contribution in [0.25, 0.3) is 0 Å². The van der Waals surface area contributed by atoms with E-state index in [0.717, 1.165) is 11.3 Å². The molecule has 0 saturated heterocycles. The first-order chi connectivity index (χ1) is 10.7. The molecule has 8 heteroatoms. The second kappa shape index (κ2) is 6.86. The first-order valence-electron chi connectivity index (χ1n) is 6.62. The summed E-state index contributed by atoms with van der Waals surface area (Å²) in [4.78, 5) is 29.1. The van der Waals surface area contributed by atoms with E-state index in [9.17, 15) is 9.59 Å². The lowest BCUT2D eigenvalue weighted by atomic mass is 10.2. The smallest absolute Gasteiger partial charge is 0.421 e. The van der Waals surface area contributed by atoms with E-state index in [-0.39, 0.29) is 15.2 Å². The number of amides is 1. The summed E-state index contributed by atoms with van der Waals surface area (Å²) in [7, 11) is 0. The van der Waals surface area contributed by atoms with Crippen LogP contribution in [-0.2, 0) is 4.74 Å². The Hall–Kier alpha value is -1.63. The van der Waals surface area contributed by atoms with Gasteiger partial charge in [0.2, 0.25) is 5.13 Å². The molecule has 2 rings (SSSR count). The molecule has 1 amide bonds. The van der Waals surface area contributed by atoms with Crippen molar-refractivity contribution in [1.29, 1.82) is 0 Å². The molecule has 0 aliphatic heterocycles. The summed E-state index contributed by atoms with van der Waals surface area (Å²) in [5, 5.41) is 0.581. The number of ether oxygens (including phenoxy) is 1. The van der Waals surface area contributed by atoms with E-state index >= 15 is 0 Å². The number of rotatable bonds is 3. The molecule has 2 aromatic rings. The number of para-hydroxylation sites is 1. The molecule has 0 fully saturated rings. The highest BCUT2D eigenvalue weighted by atomic mass is 35.5. The van der Waals surface area contributed by atoms with Crippen molar-refractivity contribution in [3.63, 3.8) is 0 Å². The average molecular weight is 373 g/mol. The number of anilines is 2. The molecule has 1 heterocycles. The molecular weight excluding hydrogens is 359 g/mol. The lowest BCUT2D eigenvalue weighted by molar-refractivity contribution is 0.0599. The molecular formula is C15H14Cl2N2O3S. The van der Waals surface area contributed by atoms with E-state index in [2.05, 4.69) is 4.98 Å². The van der Waals surface area contributed by atoms with Crippen molar-refractivity contribution in [3.05, 3.63) is 39.3 Å². The van der Waals surface area contributed by atoms with Gasteiger partial charge in [-0.3, -0.25) is 4.79 Å². The number of halogens is 2. The van der Waals surface area contributed by atoms with E-state index in [1.54, 1.807) is 45.0 Å². The second-order valence-electron chi connectivity index (χ2n) is 5.54. The number of carbonyl (C=O) groups excluding carboxylic acids is 2. The molecule has 0 aliphatic carbocycles. The summed E-state index contributed by atoms with van der Waals surface area (Å²) in [6.07, 6.45) is -0.0721. The molecule has 0 unspecified atom stereocenters. The van der Waals surface area contributed by atoms with Crippen molar-refractivity contribution in [2.24, 2.45) is 0 Å². The van der Waals surface area contributed by atoms with E-state index in [4.69, 9.17) is 27.9 Å². The van der Waals surface area contributed by atoms with Crippen LogP contribution >= 0.6 is 34.5 Å². The molecule has 1 aromatic carbocycles. The molecule has 1 aromatic heterocycles. The molecule has 0 atom stereocenters. The van der Waals surface area contributed by atoms with Crippen LogP contribution in [0.1, 0.15) is 30.4 Å². The number of thiazole rings is 1. The first-order valence-corrected chi connectivity index (χ1v) is 8.19. The highest BCUT2D eigenvalue weighted by Gasteiger charge is 2.29. The summed E-state index contributed by atoms with van der Waals surface area (Å²) in [6, 6.07) is 6.77. The zero-order valence-electron chi connectivity index (χ0n) is 12.7. The summed E-state index contributed by atoms with van der Waals surface area (Å²) >= 11 is 13.1. The normalized spacial score (nSPS) is 11.2. The van der Waals surface area contributed by atoms with Crippen LogP contribution in [0, 0.1) is 0 Å². The Labute approximate surface area is 147 Å². The van der Waals surface area contributed by atoms with Crippen molar-refractivity contribution < 1.29 is 14.3 Å². The standard InChI is InChI=1S/C15H14Cl2N2O3S/c1-15(2,3)22-14(21)19(10-7-5-4-6-9(10)16)13-18-12(17)11(8-20)23-13/h4-8H,1-3H3. The lowest BCUT2D eigenvalue weighted by Gasteiger charge is -2.26. The Morgan fingerprint density at radius 2 is 1.96 bits per heavy atom. The van der Waals surface area contributed by atoms with Gasteiger partial charge < -0.3 is 4.74 Å². The number of carbonyl (C=O) groups is 2. The summed E-state index contributed by atoms with van der Waals surface area (Å²) in [6.45, 7) is 5.25. The quantitative estimate of drug-likeness (QED) is 0.682. The Balaban J connectivity index is 2.53. The highest BCUT2D eigenvalue weighted by molar-refractivity contribution is 7.18. The van der Waals surface area contributed by atoms with Gasteiger partial charge in [0.1, 0.15) is 10.5 Å². The van der Waals surface area contributed by atoms with E-state index in [1.165, 1.54) is 4.90 Å². The van der Waals surface area contributed by atoms with Crippen molar-refractivity contribution in [2.45, 2.75) is 26.4 Å². The first kappa shape index (κ1) is 17.7. The molecule has 0 radical (unpaired) electrons. The second-order valence-corrected chi connectivity index (χ2v) is 7.31. The fraction of sp³-hybridized carbons (Fsp3) is 0.267. The maximum Gasteiger partial charge on any atom is 0.421 e. The zero-order valence-corrected chi connectivity index (χ0v) is 15.0. The lowest BCUT2D eigenvalue weighted by Crippen LogP contribution is -2.34. The molecule has 0 aliphatic rings. The molecule has 0 saturated carbocycles. The molecule has 0 spiro atoms. The van der Waals surface area contributed by atoms with Crippen LogP contribution in [0.3, 0.4) is 0 Å². The Morgan fingerprint density at radius 1 is 1.30 bits per heavy atom. The third-order valence-electron chi connectivity index (χ3n) is 2.57. The van der Waals surface area contributed by atoms with Gasteiger partial charge in [-0.2, -0.15) is 0 Å². The Morgan fingerprint density at radius 3 is 2.48 bits per heavy atom. The number of hydrogen-bond acceptors (Lipinski definition) is 5. The molecule has 0 bridgehead atoms. The van der Waals surface area contributed by atoms with Gasteiger partial charge in [0.15, 0.2) is 11.4 Å². The molecule has 0 N–H and O–H groups in total. The minimum absolute atomic E-state index is 0.0283. The zero-order chi connectivity index (χ0) is 17.2. The van der Waals surface area contributed by atoms with Crippen LogP contribution in [-0.4, -0.2) is 23.0 Å². The van der Waals surface area contributed by atoms with Gasteiger partial charge in [-0.1, -0.05) is 46.7 Å². The maximum absolute atomic E-state index is 12.6. The Bertz CT molecular complexity index is 741. The number of hydrogen-bond donors (Lipinski definition) is 0. The van der Waals surface area contributed by atoms with Gasteiger partial charge in [-0.05, 0) is 32.9 Å². The van der Waals surface area contributed by atoms with E-state index in [1.807, 2.05) is 0 Å². The van der Waals surface area contributed by atoms with Gasteiger partial charge in [-0.15, -0.1) is 0 Å². The van der Waals surface area contributed by atoms with Crippen LogP contribution in [0.2, 0.25) is 10.2 Å². The van der Waals surface area contributed by atoms with Crippen LogP contribution in [0.5, 0.6) is 0 Å². The topological polar surface area (TPSA) is 59.5 Å². The summed E-state index contributed by atoms with van der Waals surface area (Å²) < 4.78 is 5.41. The van der Waals surface area contributed by atoms with Gasteiger partial charge in [-0.25, -0.2) is 14.7 Å². The minimum atomic E-state index is -0.703. The fourth-order valence-electron chi connectivity index (χ4n) is 1.69. The Kier molecular flexibility index (Phi) is 5.29. The van der Waals surface area contributed by atoms with Crippen molar-refractivity contribution in [2.75, 3.05) is 4.90 Å². The summed E-state index contributed by atoms with van der Waals surface area (Å²) in [5.74, 6) is 0. The van der Waals surface area contributed by atoms with Crippen LogP contribution in [0.4, 0.5) is 15.6 Å². The average Bonchev–Trinajstić information content (AvgIpc) is 2.80. The number of nitrogens with zero attached hydrogens (tertiary/aromatic N) is 2.